The number of para-hydroxylation sites is 1. The molecule has 0 saturated carbocycles. The van der Waals surface area contributed by atoms with E-state index in [0.29, 0.717) is 5.02 Å². The van der Waals surface area contributed by atoms with Gasteiger partial charge in [0.25, 0.3) is 0 Å². The molecule has 0 aliphatic carbocycles. The van der Waals surface area contributed by atoms with Crippen LogP contribution in [-0.4, -0.2) is 15.7 Å². The molecule has 0 saturated heterocycles. The summed E-state index contributed by atoms with van der Waals surface area (Å²) >= 11 is 5.92. The second kappa shape index (κ2) is 6.67. The number of carbonyl (C=O) groups is 1. The Hall–Kier alpha value is -2.59. The van der Waals surface area contributed by atoms with Crippen molar-refractivity contribution in [3.05, 3.63) is 77.1 Å². The Bertz CT molecular complexity index is 827. The number of halogens is 1. The molecule has 1 heterocycles. The molecule has 0 spiro atoms. The summed E-state index contributed by atoms with van der Waals surface area (Å²) < 4.78 is 1.76. The molecule has 0 bridgehead atoms. The number of benzene rings is 2. The highest BCUT2D eigenvalue weighted by molar-refractivity contribution is 6.30. The van der Waals surface area contributed by atoms with Crippen molar-refractivity contribution in [2.75, 3.05) is 5.32 Å². The van der Waals surface area contributed by atoms with E-state index in [4.69, 9.17) is 11.6 Å². The van der Waals surface area contributed by atoms with Crippen LogP contribution in [0.25, 0.3) is 5.69 Å². The standard InChI is InChI=1S/C18H16ClN3O/c1-13-9-15(19)7-8-17(13)21-18(23)10-14-11-20-22(12-14)16-5-3-2-4-6-16/h2-9,11-12H,10H2,1H3,(H,21,23). The topological polar surface area (TPSA) is 46.9 Å². The van der Waals surface area contributed by atoms with Gasteiger partial charge in [-0.2, -0.15) is 5.10 Å². The molecule has 0 atom stereocenters. The smallest absolute Gasteiger partial charge is 0.228 e. The number of nitrogens with one attached hydrogen (secondary N) is 1. The van der Waals surface area contributed by atoms with Gasteiger partial charge in [-0.05, 0) is 48.4 Å². The summed E-state index contributed by atoms with van der Waals surface area (Å²) in [7, 11) is 0. The number of aryl methyl sites for hydroxylation is 1. The summed E-state index contributed by atoms with van der Waals surface area (Å²) in [5.74, 6) is -0.0805. The highest BCUT2D eigenvalue weighted by Crippen LogP contribution is 2.19. The summed E-state index contributed by atoms with van der Waals surface area (Å²) in [5.41, 5.74) is 3.53. The Morgan fingerprint density at radius 2 is 2.00 bits per heavy atom. The fraction of sp³-hybridized carbons (Fsp3) is 0.111. The lowest BCUT2D eigenvalue weighted by molar-refractivity contribution is -0.115. The molecule has 0 aliphatic rings. The summed E-state index contributed by atoms with van der Waals surface area (Å²) in [6, 6.07) is 15.2. The Balaban J connectivity index is 1.68. The molecule has 5 heteroatoms. The molecular formula is C18H16ClN3O. The average Bonchev–Trinajstić information content (AvgIpc) is 2.99. The van der Waals surface area contributed by atoms with Crippen molar-refractivity contribution in [1.82, 2.24) is 9.78 Å². The highest BCUT2D eigenvalue weighted by atomic mass is 35.5. The maximum Gasteiger partial charge on any atom is 0.228 e. The largest absolute Gasteiger partial charge is 0.326 e. The number of rotatable bonds is 4. The third kappa shape index (κ3) is 3.79. The zero-order valence-corrected chi connectivity index (χ0v) is 13.4. The van der Waals surface area contributed by atoms with Gasteiger partial charge in [0.15, 0.2) is 0 Å². The first-order valence-corrected chi connectivity index (χ1v) is 7.64. The minimum atomic E-state index is -0.0805. The van der Waals surface area contributed by atoms with E-state index in [1.54, 1.807) is 16.9 Å². The van der Waals surface area contributed by atoms with E-state index in [0.717, 1.165) is 22.5 Å². The van der Waals surface area contributed by atoms with Gasteiger partial charge in [0.05, 0.1) is 18.3 Å². The van der Waals surface area contributed by atoms with Crippen LogP contribution < -0.4 is 5.32 Å². The first-order chi connectivity index (χ1) is 11.1. The Kier molecular flexibility index (Phi) is 4.44. The van der Waals surface area contributed by atoms with Crippen LogP contribution in [0.15, 0.2) is 60.9 Å². The minimum absolute atomic E-state index is 0.0805. The lowest BCUT2D eigenvalue weighted by Gasteiger charge is -2.08. The van der Waals surface area contributed by atoms with Crippen LogP contribution in [0.1, 0.15) is 11.1 Å². The van der Waals surface area contributed by atoms with E-state index in [9.17, 15) is 4.79 Å². The van der Waals surface area contributed by atoms with Gasteiger partial charge >= 0.3 is 0 Å². The van der Waals surface area contributed by atoms with Gasteiger partial charge in [-0.3, -0.25) is 4.79 Å². The van der Waals surface area contributed by atoms with Crippen LogP contribution in [0.2, 0.25) is 5.02 Å². The lowest BCUT2D eigenvalue weighted by Crippen LogP contribution is -2.14. The third-order valence-electron chi connectivity index (χ3n) is 3.48. The van der Waals surface area contributed by atoms with E-state index in [1.165, 1.54) is 0 Å². The lowest BCUT2D eigenvalue weighted by atomic mass is 10.2. The SMILES string of the molecule is Cc1cc(Cl)ccc1NC(=O)Cc1cnn(-c2ccccc2)c1. The van der Waals surface area contributed by atoms with Crippen molar-refractivity contribution in [2.24, 2.45) is 0 Å². The maximum atomic E-state index is 12.2. The normalized spacial score (nSPS) is 10.5. The van der Waals surface area contributed by atoms with Crippen LogP contribution in [0.5, 0.6) is 0 Å². The molecule has 1 amide bonds. The van der Waals surface area contributed by atoms with Gasteiger partial charge in [-0.1, -0.05) is 29.8 Å². The molecule has 116 valence electrons. The molecule has 0 aliphatic heterocycles. The van der Waals surface area contributed by atoms with Crippen molar-refractivity contribution >= 4 is 23.2 Å². The van der Waals surface area contributed by atoms with E-state index >= 15 is 0 Å². The van der Waals surface area contributed by atoms with Crippen molar-refractivity contribution in [1.29, 1.82) is 0 Å². The predicted molar refractivity (Wildman–Crippen MR) is 92.1 cm³/mol. The van der Waals surface area contributed by atoms with E-state index in [2.05, 4.69) is 10.4 Å². The second-order valence-electron chi connectivity index (χ2n) is 5.31. The van der Waals surface area contributed by atoms with E-state index in [-0.39, 0.29) is 12.3 Å². The number of anilines is 1. The molecule has 3 rings (SSSR count). The van der Waals surface area contributed by atoms with Crippen molar-refractivity contribution in [3.63, 3.8) is 0 Å². The zero-order valence-electron chi connectivity index (χ0n) is 12.7. The van der Waals surface area contributed by atoms with Crippen molar-refractivity contribution in [2.45, 2.75) is 13.3 Å². The molecule has 0 fully saturated rings. The van der Waals surface area contributed by atoms with Gasteiger partial charge in [0.1, 0.15) is 0 Å². The Morgan fingerprint density at radius 3 is 2.74 bits per heavy atom. The molecule has 1 N–H and O–H groups in total. The van der Waals surface area contributed by atoms with Crippen molar-refractivity contribution in [3.8, 4) is 5.69 Å². The highest BCUT2D eigenvalue weighted by Gasteiger charge is 2.08. The molecule has 4 nitrogen and oxygen atoms in total. The van der Waals surface area contributed by atoms with E-state index in [1.807, 2.05) is 55.6 Å². The fourth-order valence-electron chi connectivity index (χ4n) is 2.32. The fourth-order valence-corrected chi connectivity index (χ4v) is 2.55. The summed E-state index contributed by atoms with van der Waals surface area (Å²) in [5, 5.41) is 7.85. The summed E-state index contributed by atoms with van der Waals surface area (Å²) in [6.07, 6.45) is 3.85. The molecule has 23 heavy (non-hydrogen) atoms. The monoisotopic (exact) mass is 325 g/mol. The molecule has 0 radical (unpaired) electrons. The Morgan fingerprint density at radius 1 is 1.22 bits per heavy atom. The van der Waals surface area contributed by atoms with Gasteiger partial charge in [-0.15, -0.1) is 0 Å². The molecule has 3 aromatic rings. The van der Waals surface area contributed by atoms with Crippen LogP contribution in [0.3, 0.4) is 0 Å². The number of aromatic nitrogens is 2. The van der Waals surface area contributed by atoms with Gasteiger partial charge < -0.3 is 5.32 Å². The van der Waals surface area contributed by atoms with Gasteiger partial charge in [0.2, 0.25) is 5.91 Å². The van der Waals surface area contributed by atoms with Crippen LogP contribution in [-0.2, 0) is 11.2 Å². The molecule has 1 aromatic heterocycles. The molecule has 0 unspecified atom stereocenters. The zero-order chi connectivity index (χ0) is 16.2. The summed E-state index contributed by atoms with van der Waals surface area (Å²) in [4.78, 5) is 12.2. The van der Waals surface area contributed by atoms with Crippen LogP contribution in [0.4, 0.5) is 5.69 Å². The Labute approximate surface area is 139 Å². The number of hydrogen-bond donors (Lipinski definition) is 1. The molecular weight excluding hydrogens is 310 g/mol. The maximum absolute atomic E-state index is 12.2. The first-order valence-electron chi connectivity index (χ1n) is 7.27. The van der Waals surface area contributed by atoms with E-state index < -0.39 is 0 Å². The quantitative estimate of drug-likeness (QED) is 0.787. The van der Waals surface area contributed by atoms with Crippen molar-refractivity contribution < 1.29 is 4.79 Å². The van der Waals surface area contributed by atoms with Crippen LogP contribution in [0, 0.1) is 6.92 Å². The number of nitrogens with zero attached hydrogens (tertiary/aromatic N) is 2. The minimum Gasteiger partial charge on any atom is -0.326 e. The average molecular weight is 326 g/mol. The van der Waals surface area contributed by atoms with Gasteiger partial charge in [-0.25, -0.2) is 4.68 Å². The third-order valence-corrected chi connectivity index (χ3v) is 3.72. The van der Waals surface area contributed by atoms with Gasteiger partial charge in [0, 0.05) is 16.9 Å². The first kappa shape index (κ1) is 15.3. The number of amides is 1. The number of carbonyl (C=O) groups excluding carboxylic acids is 1. The number of hydrogen-bond acceptors (Lipinski definition) is 2. The van der Waals surface area contributed by atoms with Crippen LogP contribution >= 0.6 is 11.6 Å². The second-order valence-corrected chi connectivity index (χ2v) is 5.75. The summed E-state index contributed by atoms with van der Waals surface area (Å²) in [6.45, 7) is 1.91. The molecule has 2 aromatic carbocycles. The predicted octanol–water partition coefficient (Wildman–Crippen LogP) is 4.02.